The van der Waals surface area contributed by atoms with Crippen molar-refractivity contribution < 1.29 is 8.42 Å². The van der Waals surface area contributed by atoms with Crippen molar-refractivity contribution in [2.24, 2.45) is 5.14 Å². The molecule has 0 amide bonds. The van der Waals surface area contributed by atoms with E-state index in [2.05, 4.69) is 4.98 Å². The Bertz CT molecular complexity index is 736. The molecule has 0 fully saturated rings. The highest BCUT2D eigenvalue weighted by atomic mass is 35.5. The van der Waals surface area contributed by atoms with E-state index in [9.17, 15) is 13.2 Å². The van der Waals surface area contributed by atoms with Crippen molar-refractivity contribution in [3.05, 3.63) is 51.8 Å². The van der Waals surface area contributed by atoms with Crippen molar-refractivity contribution >= 4 is 21.6 Å². The Hall–Kier alpha value is -1.63. The summed E-state index contributed by atoms with van der Waals surface area (Å²) in [6.45, 7) is 0. The lowest BCUT2D eigenvalue weighted by molar-refractivity contribution is 0.598. The Morgan fingerprint density at radius 1 is 1.06 bits per heavy atom. The topological polar surface area (TPSA) is 93.0 Å². The van der Waals surface area contributed by atoms with Crippen LogP contribution < -0.4 is 10.7 Å². The van der Waals surface area contributed by atoms with Gasteiger partial charge >= 0.3 is 0 Å². The van der Waals surface area contributed by atoms with Gasteiger partial charge in [0.05, 0.1) is 4.90 Å². The molecule has 0 aliphatic heterocycles. The van der Waals surface area contributed by atoms with Gasteiger partial charge in [0.2, 0.25) is 10.0 Å². The normalized spacial score (nSPS) is 11.4. The van der Waals surface area contributed by atoms with E-state index in [0.717, 1.165) is 0 Å². The second-order valence-electron chi connectivity index (χ2n) is 3.62. The number of nitrogens with two attached hydrogens (primary N) is 1. The third-order valence-corrected chi connectivity index (χ3v) is 3.58. The first-order chi connectivity index (χ1) is 8.38. The van der Waals surface area contributed by atoms with E-state index in [1.165, 1.54) is 18.2 Å². The molecule has 2 aromatic rings. The van der Waals surface area contributed by atoms with Gasteiger partial charge in [-0.1, -0.05) is 23.7 Å². The number of benzene rings is 1. The van der Waals surface area contributed by atoms with Gasteiger partial charge in [0.25, 0.3) is 5.56 Å². The minimum absolute atomic E-state index is 0.0163. The molecule has 0 atom stereocenters. The summed E-state index contributed by atoms with van der Waals surface area (Å²) in [6, 6.07) is 8.96. The van der Waals surface area contributed by atoms with Gasteiger partial charge in [0.1, 0.15) is 5.02 Å². The van der Waals surface area contributed by atoms with E-state index in [1.807, 2.05) is 0 Å². The van der Waals surface area contributed by atoms with Crippen molar-refractivity contribution in [1.82, 2.24) is 4.98 Å². The van der Waals surface area contributed by atoms with Gasteiger partial charge in [-0.05, 0) is 29.8 Å². The van der Waals surface area contributed by atoms with Crippen LogP contribution in [0.1, 0.15) is 0 Å². The number of aromatic nitrogens is 1. The van der Waals surface area contributed by atoms with Crippen LogP contribution in [0.25, 0.3) is 11.3 Å². The zero-order chi connectivity index (χ0) is 13.3. The average Bonchev–Trinajstić information content (AvgIpc) is 2.32. The molecule has 1 aromatic carbocycles. The minimum atomic E-state index is -3.71. The Labute approximate surface area is 108 Å². The van der Waals surface area contributed by atoms with Crippen LogP contribution in [-0.4, -0.2) is 13.4 Å². The van der Waals surface area contributed by atoms with Crippen LogP contribution in [0.15, 0.2) is 46.1 Å². The summed E-state index contributed by atoms with van der Waals surface area (Å²) >= 11 is 5.61. The van der Waals surface area contributed by atoms with E-state index in [4.69, 9.17) is 16.7 Å². The molecule has 0 unspecified atom stereocenters. The van der Waals surface area contributed by atoms with Gasteiger partial charge < -0.3 is 4.98 Å². The minimum Gasteiger partial charge on any atom is -0.321 e. The largest absolute Gasteiger partial charge is 0.321 e. The quantitative estimate of drug-likeness (QED) is 0.871. The molecule has 0 aliphatic carbocycles. The predicted molar refractivity (Wildman–Crippen MR) is 68.9 cm³/mol. The van der Waals surface area contributed by atoms with E-state index in [0.29, 0.717) is 11.3 Å². The highest BCUT2D eigenvalue weighted by Gasteiger charge is 2.08. The van der Waals surface area contributed by atoms with E-state index < -0.39 is 15.6 Å². The Morgan fingerprint density at radius 2 is 1.67 bits per heavy atom. The third kappa shape index (κ3) is 2.61. The van der Waals surface area contributed by atoms with Crippen LogP contribution in [0.5, 0.6) is 0 Å². The molecule has 0 radical (unpaired) electrons. The number of sulfonamides is 1. The molecule has 7 heteroatoms. The van der Waals surface area contributed by atoms with Gasteiger partial charge in [0, 0.05) is 5.69 Å². The van der Waals surface area contributed by atoms with Crippen LogP contribution >= 0.6 is 11.6 Å². The van der Waals surface area contributed by atoms with Crippen LogP contribution in [0.2, 0.25) is 5.02 Å². The first-order valence-electron chi connectivity index (χ1n) is 4.90. The van der Waals surface area contributed by atoms with Crippen LogP contribution in [0, 0.1) is 0 Å². The number of aromatic amines is 1. The molecule has 0 saturated carbocycles. The second kappa shape index (κ2) is 4.56. The lowest BCUT2D eigenvalue weighted by atomic mass is 10.1. The number of halogens is 1. The number of hydrogen-bond donors (Lipinski definition) is 2. The zero-order valence-electron chi connectivity index (χ0n) is 9.05. The lowest BCUT2D eigenvalue weighted by Crippen LogP contribution is -2.12. The van der Waals surface area contributed by atoms with Crippen LogP contribution in [0.4, 0.5) is 0 Å². The van der Waals surface area contributed by atoms with Crippen LogP contribution in [-0.2, 0) is 10.0 Å². The average molecular weight is 285 g/mol. The number of primary sulfonamides is 1. The SMILES string of the molecule is NS(=O)(=O)c1ccc(-c2ccc(Cl)c(=O)[nH]2)cc1. The fraction of sp³-hybridized carbons (Fsp3) is 0. The number of hydrogen-bond acceptors (Lipinski definition) is 3. The van der Waals surface area contributed by atoms with Gasteiger partial charge in [-0.25, -0.2) is 13.6 Å². The number of nitrogens with one attached hydrogen (secondary N) is 1. The smallest absolute Gasteiger partial charge is 0.267 e. The first-order valence-corrected chi connectivity index (χ1v) is 6.82. The summed E-state index contributed by atoms with van der Waals surface area (Å²) in [6.07, 6.45) is 0. The summed E-state index contributed by atoms with van der Waals surface area (Å²) < 4.78 is 22.2. The fourth-order valence-corrected chi connectivity index (χ4v) is 2.07. The molecule has 0 bridgehead atoms. The van der Waals surface area contributed by atoms with Crippen molar-refractivity contribution in [3.63, 3.8) is 0 Å². The van der Waals surface area contributed by atoms with Gasteiger partial charge in [-0.15, -0.1) is 0 Å². The monoisotopic (exact) mass is 284 g/mol. The van der Waals surface area contributed by atoms with Crippen molar-refractivity contribution in [2.45, 2.75) is 4.90 Å². The maximum atomic E-state index is 11.3. The Kier molecular flexibility index (Phi) is 3.25. The summed E-state index contributed by atoms with van der Waals surface area (Å²) in [5, 5.41) is 5.08. The second-order valence-corrected chi connectivity index (χ2v) is 5.59. The lowest BCUT2D eigenvalue weighted by Gasteiger charge is -2.03. The summed E-state index contributed by atoms with van der Waals surface area (Å²) in [7, 11) is -3.71. The van der Waals surface area contributed by atoms with Gasteiger partial charge in [-0.3, -0.25) is 4.79 Å². The molecule has 18 heavy (non-hydrogen) atoms. The molecule has 0 saturated heterocycles. The van der Waals surface area contributed by atoms with Crippen molar-refractivity contribution in [3.8, 4) is 11.3 Å². The number of H-pyrrole nitrogens is 1. The summed E-state index contributed by atoms with van der Waals surface area (Å²) in [4.78, 5) is 13.9. The van der Waals surface area contributed by atoms with E-state index in [-0.39, 0.29) is 9.92 Å². The maximum absolute atomic E-state index is 11.3. The van der Waals surface area contributed by atoms with Crippen molar-refractivity contribution in [1.29, 1.82) is 0 Å². The van der Waals surface area contributed by atoms with Crippen LogP contribution in [0.3, 0.4) is 0 Å². The molecule has 1 heterocycles. The fourth-order valence-electron chi connectivity index (χ4n) is 1.45. The molecule has 5 nitrogen and oxygen atoms in total. The first kappa shape index (κ1) is 12.8. The highest BCUT2D eigenvalue weighted by molar-refractivity contribution is 7.89. The van der Waals surface area contributed by atoms with Gasteiger partial charge in [-0.2, -0.15) is 0 Å². The van der Waals surface area contributed by atoms with Crippen molar-refractivity contribution in [2.75, 3.05) is 0 Å². The van der Waals surface area contributed by atoms with Gasteiger partial charge in [0.15, 0.2) is 0 Å². The maximum Gasteiger partial charge on any atom is 0.267 e. The molecule has 94 valence electrons. The Morgan fingerprint density at radius 3 is 2.17 bits per heavy atom. The van der Waals surface area contributed by atoms with E-state index >= 15 is 0 Å². The molecular weight excluding hydrogens is 276 g/mol. The molecule has 1 aromatic heterocycles. The Balaban J connectivity index is 2.47. The number of rotatable bonds is 2. The third-order valence-electron chi connectivity index (χ3n) is 2.36. The highest BCUT2D eigenvalue weighted by Crippen LogP contribution is 2.18. The van der Waals surface area contributed by atoms with E-state index in [1.54, 1.807) is 18.2 Å². The molecule has 0 aliphatic rings. The summed E-state index contributed by atoms with van der Waals surface area (Å²) in [5.74, 6) is 0. The predicted octanol–water partition coefficient (Wildman–Crippen LogP) is 1.34. The number of pyridine rings is 1. The standard InChI is InChI=1S/C11H9ClN2O3S/c12-9-5-6-10(14-11(9)15)7-1-3-8(4-2-7)18(13,16)17/h1-6H,(H,14,15)(H2,13,16,17). The zero-order valence-corrected chi connectivity index (χ0v) is 10.6. The molecule has 2 rings (SSSR count). The summed E-state index contributed by atoms with van der Waals surface area (Å²) in [5.41, 5.74) is 0.811. The molecular formula is C11H9ClN2O3S. The molecule has 3 N–H and O–H groups in total. The molecule has 0 spiro atoms.